The highest BCUT2D eigenvalue weighted by Crippen LogP contribution is 2.31. The molecule has 200 valence electrons. The minimum Gasteiger partial charge on any atom is -0.492 e. The van der Waals surface area contributed by atoms with Crippen LogP contribution in [0.1, 0.15) is 19.5 Å². The molecule has 37 heavy (non-hydrogen) atoms. The number of imidazole rings is 1. The van der Waals surface area contributed by atoms with E-state index in [0.29, 0.717) is 23.6 Å². The van der Waals surface area contributed by atoms with Gasteiger partial charge >= 0.3 is 12.1 Å². The van der Waals surface area contributed by atoms with Gasteiger partial charge in [0.05, 0.1) is 23.5 Å². The van der Waals surface area contributed by atoms with Gasteiger partial charge in [0.1, 0.15) is 24.8 Å². The number of nitrogens with zero attached hydrogens (tertiary/aromatic N) is 4. The molecular weight excluding hydrogens is 505 g/mol. The summed E-state index contributed by atoms with van der Waals surface area (Å²) in [6.07, 6.45) is -0.855. The number of benzene rings is 1. The van der Waals surface area contributed by atoms with Crippen LogP contribution >= 0.6 is 0 Å². The molecule has 1 aromatic carbocycles. The molecule has 2 heterocycles. The number of carboxylic acid groups (broad SMARTS) is 1. The van der Waals surface area contributed by atoms with Gasteiger partial charge in [0.2, 0.25) is 0 Å². The second-order valence-electron chi connectivity index (χ2n) is 10.6. The van der Waals surface area contributed by atoms with Crippen molar-refractivity contribution in [2.24, 2.45) is 5.41 Å². The Balaban J connectivity index is 1.75. The van der Waals surface area contributed by atoms with Gasteiger partial charge in [-0.25, -0.2) is 9.97 Å². The summed E-state index contributed by atoms with van der Waals surface area (Å²) in [7, 11) is -1.34. The first-order valence-corrected chi connectivity index (χ1v) is 15.4. The molecular formula is C25H31F3N4O4Si. The van der Waals surface area contributed by atoms with Gasteiger partial charge < -0.3 is 19.1 Å². The molecule has 0 aliphatic rings. The number of carboxylic acids is 1. The van der Waals surface area contributed by atoms with E-state index in [1.165, 1.54) is 17.0 Å². The number of hydrogen-bond donors (Lipinski definition) is 1. The highest BCUT2D eigenvalue weighted by Gasteiger charge is 2.35. The second-order valence-corrected chi connectivity index (χ2v) is 16.2. The lowest BCUT2D eigenvalue weighted by atomic mass is 9.95. The monoisotopic (exact) mass is 536 g/mol. The minimum atomic E-state index is -4.60. The summed E-state index contributed by atoms with van der Waals surface area (Å²) in [5.41, 5.74) is -0.663. The average molecular weight is 537 g/mol. The zero-order chi connectivity index (χ0) is 27.4. The number of aromatic nitrogens is 4. The van der Waals surface area contributed by atoms with Crippen molar-refractivity contribution in [3.05, 3.63) is 48.5 Å². The molecule has 0 aliphatic carbocycles. The number of carbonyl (C=O) groups is 1. The number of alkyl halides is 3. The molecule has 0 aliphatic heterocycles. The Morgan fingerprint density at radius 1 is 1.05 bits per heavy atom. The highest BCUT2D eigenvalue weighted by molar-refractivity contribution is 6.76. The molecule has 3 aromatic rings. The van der Waals surface area contributed by atoms with Crippen LogP contribution in [0.25, 0.3) is 22.8 Å². The van der Waals surface area contributed by atoms with Crippen LogP contribution in [0, 0.1) is 5.41 Å². The van der Waals surface area contributed by atoms with E-state index < -0.39 is 31.3 Å². The lowest BCUT2D eigenvalue weighted by Gasteiger charge is -2.19. The first kappa shape index (κ1) is 28.3. The summed E-state index contributed by atoms with van der Waals surface area (Å²) in [6, 6.07) is 7.73. The summed E-state index contributed by atoms with van der Waals surface area (Å²) in [5, 5.41) is 9.20. The Bertz CT molecular complexity index is 1200. The predicted molar refractivity (Wildman–Crippen MR) is 135 cm³/mol. The van der Waals surface area contributed by atoms with E-state index in [4.69, 9.17) is 9.47 Å². The topological polar surface area (TPSA) is 99.4 Å². The van der Waals surface area contributed by atoms with Gasteiger partial charge in [0, 0.05) is 26.4 Å². The number of rotatable bonds is 11. The molecule has 3 rings (SSSR count). The van der Waals surface area contributed by atoms with Crippen LogP contribution in [0.5, 0.6) is 5.75 Å². The van der Waals surface area contributed by atoms with Crippen LogP contribution in [0.2, 0.25) is 25.7 Å². The molecule has 0 unspecified atom stereocenters. The molecule has 0 amide bonds. The van der Waals surface area contributed by atoms with Crippen molar-refractivity contribution >= 4 is 14.0 Å². The van der Waals surface area contributed by atoms with Gasteiger partial charge in [-0.3, -0.25) is 9.78 Å². The van der Waals surface area contributed by atoms with Gasteiger partial charge in [-0.15, -0.1) is 0 Å². The number of aliphatic carboxylic acids is 1. The Kier molecular flexibility index (Phi) is 8.43. The standard InChI is InChI=1S/C25H31F3N4O4Si/c1-24(2,23(33)34)15-36-18-8-6-17(7-9-18)19-12-30-20(13-29-19)22-31-21(25(26,27)28)14-32(22)16-35-10-11-37(3,4)5/h6-9,12-14H,10-11,15-16H2,1-5H3,(H,33,34). The summed E-state index contributed by atoms with van der Waals surface area (Å²) in [4.78, 5) is 23.6. The van der Waals surface area contributed by atoms with E-state index >= 15 is 0 Å². The SMILES string of the molecule is CC(C)(COc1ccc(-c2cnc(-c3nc(C(F)(F)F)cn3COCC[Si](C)(C)C)cn2)cc1)C(=O)O. The van der Waals surface area contributed by atoms with E-state index in [-0.39, 0.29) is 24.9 Å². The van der Waals surface area contributed by atoms with Crippen molar-refractivity contribution in [2.45, 2.75) is 52.4 Å². The maximum atomic E-state index is 13.3. The predicted octanol–water partition coefficient (Wildman–Crippen LogP) is 5.83. The second kappa shape index (κ2) is 11.0. The van der Waals surface area contributed by atoms with Gasteiger partial charge in [-0.1, -0.05) is 19.6 Å². The number of halogens is 3. The minimum absolute atomic E-state index is 0.00456. The fourth-order valence-corrected chi connectivity index (χ4v) is 3.79. The van der Waals surface area contributed by atoms with E-state index in [2.05, 4.69) is 34.6 Å². The first-order chi connectivity index (χ1) is 17.2. The van der Waals surface area contributed by atoms with Crippen LogP contribution < -0.4 is 4.74 Å². The Labute approximate surface area is 214 Å². The Morgan fingerprint density at radius 3 is 2.22 bits per heavy atom. The third kappa shape index (κ3) is 7.86. The zero-order valence-electron chi connectivity index (χ0n) is 21.5. The Morgan fingerprint density at radius 2 is 1.68 bits per heavy atom. The molecule has 0 saturated heterocycles. The highest BCUT2D eigenvalue weighted by atomic mass is 28.3. The third-order valence-electron chi connectivity index (χ3n) is 5.50. The molecule has 12 heteroatoms. The quantitative estimate of drug-likeness (QED) is 0.243. The van der Waals surface area contributed by atoms with E-state index in [1.54, 1.807) is 38.1 Å². The maximum absolute atomic E-state index is 13.3. The molecule has 8 nitrogen and oxygen atoms in total. The molecule has 0 bridgehead atoms. The Hall–Kier alpha value is -3.25. The summed E-state index contributed by atoms with van der Waals surface area (Å²) < 4.78 is 52.5. The normalized spacial score (nSPS) is 12.5. The molecule has 0 atom stereocenters. The summed E-state index contributed by atoms with van der Waals surface area (Å²) in [6.45, 7) is 10.1. The lowest BCUT2D eigenvalue weighted by Crippen LogP contribution is -2.30. The molecule has 0 fully saturated rings. The molecule has 0 saturated carbocycles. The van der Waals surface area contributed by atoms with Crippen molar-refractivity contribution in [1.29, 1.82) is 0 Å². The van der Waals surface area contributed by atoms with Gasteiger partial charge in [0.25, 0.3) is 0 Å². The van der Waals surface area contributed by atoms with Crippen LogP contribution in [-0.4, -0.2) is 51.9 Å². The van der Waals surface area contributed by atoms with E-state index in [1.807, 2.05) is 0 Å². The first-order valence-electron chi connectivity index (χ1n) is 11.7. The molecule has 2 aromatic heterocycles. The van der Waals surface area contributed by atoms with Crippen molar-refractivity contribution < 1.29 is 32.5 Å². The fourth-order valence-electron chi connectivity index (χ4n) is 3.04. The van der Waals surface area contributed by atoms with E-state index in [9.17, 15) is 23.1 Å². The lowest BCUT2D eigenvalue weighted by molar-refractivity contribution is -0.148. The zero-order valence-corrected chi connectivity index (χ0v) is 22.5. The smallest absolute Gasteiger partial charge is 0.434 e. The van der Waals surface area contributed by atoms with Crippen molar-refractivity contribution in [2.75, 3.05) is 13.2 Å². The molecule has 0 radical (unpaired) electrons. The summed E-state index contributed by atoms with van der Waals surface area (Å²) in [5.74, 6) is -0.441. The van der Waals surface area contributed by atoms with E-state index in [0.717, 1.165) is 12.2 Å². The van der Waals surface area contributed by atoms with Crippen LogP contribution in [0.4, 0.5) is 13.2 Å². The number of hydrogen-bond acceptors (Lipinski definition) is 6. The van der Waals surface area contributed by atoms with Crippen LogP contribution in [-0.2, 0) is 22.4 Å². The summed E-state index contributed by atoms with van der Waals surface area (Å²) >= 11 is 0. The largest absolute Gasteiger partial charge is 0.492 e. The average Bonchev–Trinajstić information content (AvgIpc) is 3.25. The number of ether oxygens (including phenoxy) is 2. The molecule has 0 spiro atoms. The van der Waals surface area contributed by atoms with Crippen molar-refractivity contribution in [3.8, 4) is 28.5 Å². The maximum Gasteiger partial charge on any atom is 0.434 e. The van der Waals surface area contributed by atoms with Crippen molar-refractivity contribution in [1.82, 2.24) is 19.5 Å². The molecule has 1 N–H and O–H groups in total. The van der Waals surface area contributed by atoms with Gasteiger partial charge in [0.15, 0.2) is 11.5 Å². The van der Waals surface area contributed by atoms with Crippen LogP contribution in [0.15, 0.2) is 42.9 Å². The van der Waals surface area contributed by atoms with Crippen LogP contribution in [0.3, 0.4) is 0 Å². The van der Waals surface area contributed by atoms with Gasteiger partial charge in [-0.05, 0) is 44.2 Å². The third-order valence-corrected chi connectivity index (χ3v) is 7.21. The van der Waals surface area contributed by atoms with Gasteiger partial charge in [-0.2, -0.15) is 13.2 Å². The van der Waals surface area contributed by atoms with Crippen molar-refractivity contribution in [3.63, 3.8) is 0 Å². The fraction of sp³-hybridized carbons (Fsp3) is 0.440.